The van der Waals surface area contributed by atoms with E-state index in [2.05, 4.69) is 11.5 Å². The van der Waals surface area contributed by atoms with Crippen LogP contribution in [0.5, 0.6) is 0 Å². The number of likely N-dealkylation sites (tertiary alicyclic amines) is 1. The van der Waals surface area contributed by atoms with Gasteiger partial charge in [-0.3, -0.25) is 0 Å². The molecule has 0 bridgehead atoms. The van der Waals surface area contributed by atoms with E-state index in [0.29, 0.717) is 15.0 Å². The van der Waals surface area contributed by atoms with Gasteiger partial charge in [-0.15, -0.1) is 0 Å². The topological polar surface area (TPSA) is 24.8 Å². The van der Waals surface area contributed by atoms with Crippen molar-refractivity contribution in [2.45, 2.75) is 31.9 Å². The van der Waals surface area contributed by atoms with Crippen LogP contribution in [0.2, 0.25) is 0 Å². The maximum atomic E-state index is 5.43. The monoisotopic (exact) mass is 274 g/mol. The summed E-state index contributed by atoms with van der Waals surface area (Å²) in [5, 5.41) is 0. The van der Waals surface area contributed by atoms with E-state index in [1.54, 1.807) is 7.11 Å². The molecule has 2 aliphatic rings. The van der Waals surface area contributed by atoms with Crippen molar-refractivity contribution in [3.8, 4) is 0 Å². The summed E-state index contributed by atoms with van der Waals surface area (Å²) in [4.78, 5) is 7.11. The molecular formula is C11H18N2OSe. The molecule has 3 nitrogen and oxygen atoms in total. The van der Waals surface area contributed by atoms with Crippen LogP contribution in [0.25, 0.3) is 0 Å². The summed E-state index contributed by atoms with van der Waals surface area (Å²) in [6.07, 6.45) is 3.95. The summed E-state index contributed by atoms with van der Waals surface area (Å²) in [5.74, 6) is 0. The summed E-state index contributed by atoms with van der Waals surface area (Å²) >= 11 is 0.294. The van der Waals surface area contributed by atoms with E-state index in [4.69, 9.17) is 9.73 Å². The Morgan fingerprint density at radius 3 is 2.60 bits per heavy atom. The van der Waals surface area contributed by atoms with Gasteiger partial charge in [0.05, 0.1) is 0 Å². The number of aliphatic imine (C=N–C) groups is 1. The molecule has 0 saturated carbocycles. The summed E-state index contributed by atoms with van der Waals surface area (Å²) in [6.45, 7) is 8.41. The zero-order valence-corrected chi connectivity index (χ0v) is 11.2. The molecular weight excluding hydrogens is 255 g/mol. The van der Waals surface area contributed by atoms with Gasteiger partial charge in [0, 0.05) is 0 Å². The number of rotatable bonds is 1. The van der Waals surface area contributed by atoms with Gasteiger partial charge in [-0.2, -0.15) is 0 Å². The van der Waals surface area contributed by atoms with Crippen LogP contribution in [-0.4, -0.2) is 50.5 Å². The minimum absolute atomic E-state index is 0.294. The molecule has 2 aliphatic heterocycles. The number of piperidine rings is 1. The van der Waals surface area contributed by atoms with E-state index in [1.165, 1.54) is 24.0 Å². The second kappa shape index (κ2) is 4.28. The van der Waals surface area contributed by atoms with Crippen LogP contribution in [0.15, 0.2) is 16.0 Å². The molecule has 1 fully saturated rings. The predicted octanol–water partition coefficient (Wildman–Crippen LogP) is 1.42. The van der Waals surface area contributed by atoms with Crippen molar-refractivity contribution in [3.05, 3.63) is 11.1 Å². The second-order valence-corrected chi connectivity index (χ2v) is 6.38. The average Bonchev–Trinajstić information content (AvgIpc) is 2.58. The van der Waals surface area contributed by atoms with Crippen molar-refractivity contribution in [2.24, 2.45) is 4.99 Å². The zero-order valence-electron chi connectivity index (χ0n) is 9.45. The molecule has 4 heteroatoms. The van der Waals surface area contributed by atoms with Gasteiger partial charge in [0.2, 0.25) is 0 Å². The Hall–Kier alpha value is -0.311. The molecule has 1 saturated heterocycles. The van der Waals surface area contributed by atoms with E-state index in [1.807, 2.05) is 6.92 Å². The number of methoxy groups -OCH3 is 1. The Kier molecular flexibility index (Phi) is 3.19. The third-order valence-electron chi connectivity index (χ3n) is 3.06. The standard InChI is InChI=1S/C11H18N2OSe/c1-9-11(2,14-3)12-10(15-9)13-7-5-4-6-8-13/h1,4-8H2,2-3H3. The van der Waals surface area contributed by atoms with Gasteiger partial charge in [-0.1, -0.05) is 0 Å². The van der Waals surface area contributed by atoms with Gasteiger partial charge >= 0.3 is 97.5 Å². The van der Waals surface area contributed by atoms with Crippen molar-refractivity contribution < 1.29 is 4.74 Å². The zero-order chi connectivity index (χ0) is 10.9. The van der Waals surface area contributed by atoms with Gasteiger partial charge in [0.1, 0.15) is 0 Å². The van der Waals surface area contributed by atoms with E-state index >= 15 is 0 Å². The quantitative estimate of drug-likeness (QED) is 0.675. The van der Waals surface area contributed by atoms with Crippen LogP contribution in [0.1, 0.15) is 26.2 Å². The Morgan fingerprint density at radius 1 is 1.40 bits per heavy atom. The maximum absolute atomic E-state index is 5.43. The molecule has 0 aromatic heterocycles. The van der Waals surface area contributed by atoms with Crippen molar-refractivity contribution in [2.75, 3.05) is 20.2 Å². The second-order valence-electron chi connectivity index (χ2n) is 4.15. The summed E-state index contributed by atoms with van der Waals surface area (Å²) in [5.41, 5.74) is -0.452. The normalized spacial score (nSPS) is 32.0. The van der Waals surface area contributed by atoms with Crippen LogP contribution in [0, 0.1) is 0 Å². The first kappa shape index (κ1) is 11.2. The molecule has 0 aromatic rings. The van der Waals surface area contributed by atoms with Crippen LogP contribution in [-0.2, 0) is 4.74 Å². The van der Waals surface area contributed by atoms with Gasteiger partial charge in [-0.25, -0.2) is 0 Å². The molecule has 2 rings (SSSR count). The van der Waals surface area contributed by atoms with Crippen molar-refractivity contribution >= 4 is 19.7 Å². The molecule has 0 radical (unpaired) electrons. The van der Waals surface area contributed by atoms with E-state index in [-0.39, 0.29) is 0 Å². The van der Waals surface area contributed by atoms with Crippen LogP contribution >= 0.6 is 0 Å². The molecule has 0 N–H and O–H groups in total. The van der Waals surface area contributed by atoms with Gasteiger partial charge in [-0.05, 0) is 0 Å². The SMILES string of the molecule is C=C1[Se]C(N2CCCCC2)=NC1(C)OC. The van der Waals surface area contributed by atoms with Crippen molar-refractivity contribution in [1.82, 2.24) is 4.90 Å². The summed E-state index contributed by atoms with van der Waals surface area (Å²) < 4.78 is 7.80. The number of hydrogen-bond acceptors (Lipinski definition) is 3. The fourth-order valence-electron chi connectivity index (χ4n) is 1.85. The first-order chi connectivity index (χ1) is 7.15. The minimum atomic E-state index is -0.452. The molecule has 84 valence electrons. The third kappa shape index (κ3) is 2.12. The Morgan fingerprint density at radius 2 is 2.07 bits per heavy atom. The average molecular weight is 273 g/mol. The first-order valence-electron chi connectivity index (χ1n) is 5.43. The molecule has 2 heterocycles. The van der Waals surface area contributed by atoms with Crippen molar-refractivity contribution in [1.29, 1.82) is 0 Å². The molecule has 0 aromatic carbocycles. The molecule has 15 heavy (non-hydrogen) atoms. The fourth-order valence-corrected chi connectivity index (χ4v) is 4.10. The van der Waals surface area contributed by atoms with E-state index < -0.39 is 5.72 Å². The molecule has 0 amide bonds. The van der Waals surface area contributed by atoms with E-state index in [9.17, 15) is 0 Å². The molecule has 1 atom stereocenters. The Labute approximate surface area is 97.7 Å². The van der Waals surface area contributed by atoms with Gasteiger partial charge in [0.25, 0.3) is 0 Å². The third-order valence-corrected chi connectivity index (χ3v) is 5.49. The number of nitrogens with zero attached hydrogens (tertiary/aromatic N) is 2. The fraction of sp³-hybridized carbons (Fsp3) is 0.727. The number of ether oxygens (including phenoxy) is 1. The van der Waals surface area contributed by atoms with Gasteiger partial charge in [0.15, 0.2) is 0 Å². The molecule has 0 aliphatic carbocycles. The predicted molar refractivity (Wildman–Crippen MR) is 63.2 cm³/mol. The molecule has 0 spiro atoms. The number of hydrogen-bond donors (Lipinski definition) is 0. The summed E-state index contributed by atoms with van der Waals surface area (Å²) in [6, 6.07) is 0. The van der Waals surface area contributed by atoms with Crippen molar-refractivity contribution in [3.63, 3.8) is 0 Å². The Bertz CT molecular complexity index is 297. The van der Waals surface area contributed by atoms with Crippen LogP contribution in [0.3, 0.4) is 0 Å². The van der Waals surface area contributed by atoms with E-state index in [0.717, 1.165) is 17.6 Å². The molecule has 1 unspecified atom stereocenters. The first-order valence-corrected chi connectivity index (χ1v) is 7.14. The Balaban J connectivity index is 2.11. The summed E-state index contributed by atoms with van der Waals surface area (Å²) in [7, 11) is 1.71. The number of amidine groups is 1. The van der Waals surface area contributed by atoms with Crippen LogP contribution < -0.4 is 0 Å². The van der Waals surface area contributed by atoms with Crippen LogP contribution in [0.4, 0.5) is 0 Å². The van der Waals surface area contributed by atoms with Gasteiger partial charge < -0.3 is 0 Å².